The van der Waals surface area contributed by atoms with Gasteiger partial charge in [0, 0.05) is 23.2 Å². The second-order valence-electron chi connectivity index (χ2n) is 7.68. The molecule has 3 rings (SSSR count). The molecule has 1 aromatic carbocycles. The number of allylic oxidation sites excluding steroid dienone is 1. The van der Waals surface area contributed by atoms with Crippen LogP contribution in [0.25, 0.3) is 11.6 Å². The number of nitrogens with one attached hydrogen (secondary N) is 1. The molecule has 0 bridgehead atoms. The van der Waals surface area contributed by atoms with Crippen molar-refractivity contribution in [3.8, 4) is 11.6 Å². The van der Waals surface area contributed by atoms with E-state index in [4.69, 9.17) is 4.42 Å². The lowest BCUT2D eigenvalue weighted by molar-refractivity contribution is -0.123. The number of rotatable bonds is 8. The van der Waals surface area contributed by atoms with Gasteiger partial charge in [0.05, 0.1) is 12.0 Å². The molecular weight excluding hydrogens is 400 g/mol. The zero-order valence-corrected chi connectivity index (χ0v) is 18.0. The highest BCUT2D eigenvalue weighted by molar-refractivity contribution is 7.99. The molecule has 30 heavy (non-hydrogen) atoms. The van der Waals surface area contributed by atoms with Crippen molar-refractivity contribution in [3.05, 3.63) is 60.9 Å². The van der Waals surface area contributed by atoms with Gasteiger partial charge in [-0.2, -0.15) is 0 Å². The molecule has 8 heteroatoms. The summed E-state index contributed by atoms with van der Waals surface area (Å²) in [6.07, 6.45) is 3.32. The number of carbonyl (C=O) groups is 2. The largest absolute Gasteiger partial charge is 0.461 e. The van der Waals surface area contributed by atoms with E-state index in [1.54, 1.807) is 42.7 Å². The summed E-state index contributed by atoms with van der Waals surface area (Å²) in [5.74, 6) is 1.29. The summed E-state index contributed by atoms with van der Waals surface area (Å²) in [5, 5.41) is 11.8. The standard InChI is InChI=1S/C22H24N4O3S/c1-5-12-26-19(18-7-6-13-29-18)24-25-21(26)30-14-17(27)15-8-10-16(11-9-15)23-20(28)22(2,3)4/h5-11,13H,1,12,14H2,2-4H3,(H,23,28). The molecule has 7 nitrogen and oxygen atoms in total. The average molecular weight is 425 g/mol. The molecule has 2 heterocycles. The van der Waals surface area contributed by atoms with E-state index in [1.165, 1.54) is 11.8 Å². The summed E-state index contributed by atoms with van der Waals surface area (Å²) >= 11 is 1.31. The Morgan fingerprint density at radius 1 is 1.20 bits per heavy atom. The minimum absolute atomic E-state index is 0.0404. The second-order valence-corrected chi connectivity index (χ2v) is 8.62. The molecule has 0 aliphatic rings. The smallest absolute Gasteiger partial charge is 0.229 e. The van der Waals surface area contributed by atoms with Crippen LogP contribution in [-0.4, -0.2) is 32.2 Å². The monoisotopic (exact) mass is 424 g/mol. The summed E-state index contributed by atoms with van der Waals surface area (Å²) in [7, 11) is 0. The molecule has 0 saturated heterocycles. The fraction of sp³-hybridized carbons (Fsp3) is 0.273. The molecule has 3 aromatic rings. The van der Waals surface area contributed by atoms with Crippen LogP contribution in [0.5, 0.6) is 0 Å². The fourth-order valence-corrected chi connectivity index (χ4v) is 3.39. The van der Waals surface area contributed by atoms with Crippen LogP contribution < -0.4 is 5.32 Å². The number of hydrogen-bond donors (Lipinski definition) is 1. The Morgan fingerprint density at radius 3 is 2.53 bits per heavy atom. The third kappa shape index (κ3) is 5.07. The summed E-state index contributed by atoms with van der Waals surface area (Å²) in [6, 6.07) is 10.5. The number of ketones is 1. The molecule has 0 aliphatic heterocycles. The van der Waals surface area contributed by atoms with Crippen LogP contribution >= 0.6 is 11.8 Å². The molecule has 1 amide bonds. The first-order valence-electron chi connectivity index (χ1n) is 9.45. The van der Waals surface area contributed by atoms with Gasteiger partial charge in [-0.15, -0.1) is 16.8 Å². The summed E-state index contributed by atoms with van der Waals surface area (Å²) < 4.78 is 7.27. The number of carbonyl (C=O) groups excluding carboxylic acids is 2. The number of nitrogens with zero attached hydrogens (tertiary/aromatic N) is 3. The van der Waals surface area contributed by atoms with Gasteiger partial charge in [0.2, 0.25) is 11.7 Å². The maximum Gasteiger partial charge on any atom is 0.229 e. The normalized spacial score (nSPS) is 11.3. The quantitative estimate of drug-likeness (QED) is 0.321. The van der Waals surface area contributed by atoms with Crippen molar-refractivity contribution in [2.75, 3.05) is 11.1 Å². The Hall–Kier alpha value is -3.13. The van der Waals surface area contributed by atoms with Crippen LogP contribution in [0.4, 0.5) is 5.69 Å². The van der Waals surface area contributed by atoms with E-state index in [0.29, 0.717) is 34.5 Å². The van der Waals surface area contributed by atoms with Gasteiger partial charge in [0.25, 0.3) is 0 Å². The van der Waals surface area contributed by atoms with Crippen molar-refractivity contribution >= 4 is 29.1 Å². The Morgan fingerprint density at radius 2 is 1.93 bits per heavy atom. The summed E-state index contributed by atoms with van der Waals surface area (Å²) in [6.45, 7) is 9.82. The molecule has 0 spiro atoms. The van der Waals surface area contributed by atoms with Gasteiger partial charge in [-0.05, 0) is 36.4 Å². The van der Waals surface area contributed by atoms with Gasteiger partial charge in [-0.1, -0.05) is 38.6 Å². The molecule has 0 saturated carbocycles. The minimum Gasteiger partial charge on any atom is -0.461 e. The maximum atomic E-state index is 12.6. The highest BCUT2D eigenvalue weighted by Gasteiger charge is 2.21. The molecule has 0 fully saturated rings. The minimum atomic E-state index is -0.485. The van der Waals surface area contributed by atoms with E-state index in [2.05, 4.69) is 22.1 Å². The summed E-state index contributed by atoms with van der Waals surface area (Å²) in [4.78, 5) is 24.7. The van der Waals surface area contributed by atoms with Crippen molar-refractivity contribution in [2.45, 2.75) is 32.5 Å². The van der Waals surface area contributed by atoms with Crippen LogP contribution in [0.2, 0.25) is 0 Å². The predicted octanol–water partition coefficient (Wildman–Crippen LogP) is 4.68. The Bertz CT molecular complexity index is 1030. The van der Waals surface area contributed by atoms with Gasteiger partial charge < -0.3 is 9.73 Å². The molecule has 1 N–H and O–H groups in total. The van der Waals surface area contributed by atoms with Crippen molar-refractivity contribution in [2.24, 2.45) is 5.41 Å². The van der Waals surface area contributed by atoms with Crippen LogP contribution in [0.3, 0.4) is 0 Å². The van der Waals surface area contributed by atoms with Crippen molar-refractivity contribution in [1.29, 1.82) is 0 Å². The van der Waals surface area contributed by atoms with Gasteiger partial charge in [0.15, 0.2) is 16.7 Å². The molecule has 2 aromatic heterocycles. The number of hydrogen-bond acceptors (Lipinski definition) is 6. The van der Waals surface area contributed by atoms with Gasteiger partial charge in [-0.3, -0.25) is 14.2 Å². The Labute approximate surface area is 179 Å². The van der Waals surface area contributed by atoms with E-state index in [1.807, 2.05) is 31.4 Å². The lowest BCUT2D eigenvalue weighted by Gasteiger charge is -2.17. The van der Waals surface area contributed by atoms with Crippen LogP contribution in [0.1, 0.15) is 31.1 Å². The van der Waals surface area contributed by atoms with E-state index < -0.39 is 5.41 Å². The lowest BCUT2D eigenvalue weighted by Crippen LogP contribution is -2.27. The average Bonchev–Trinajstić information content (AvgIpc) is 3.36. The molecule has 156 valence electrons. The van der Waals surface area contributed by atoms with Crippen LogP contribution in [0.15, 0.2) is 64.9 Å². The topological polar surface area (TPSA) is 90.0 Å². The second kappa shape index (κ2) is 9.13. The molecule has 0 radical (unpaired) electrons. The molecule has 0 atom stereocenters. The van der Waals surface area contributed by atoms with Crippen LogP contribution in [0, 0.1) is 5.41 Å². The lowest BCUT2D eigenvalue weighted by atomic mass is 9.95. The van der Waals surface area contributed by atoms with E-state index in [0.717, 1.165) is 0 Å². The third-order valence-electron chi connectivity index (χ3n) is 4.25. The maximum absolute atomic E-state index is 12.6. The highest BCUT2D eigenvalue weighted by atomic mass is 32.2. The zero-order valence-electron chi connectivity index (χ0n) is 17.2. The van der Waals surface area contributed by atoms with Crippen molar-refractivity contribution in [1.82, 2.24) is 14.8 Å². The summed E-state index contributed by atoms with van der Waals surface area (Å²) in [5.41, 5.74) is 0.742. The van der Waals surface area contributed by atoms with Gasteiger partial charge >= 0.3 is 0 Å². The molecular formula is C22H24N4O3S. The van der Waals surface area contributed by atoms with Crippen molar-refractivity contribution in [3.63, 3.8) is 0 Å². The number of furan rings is 1. The first-order valence-corrected chi connectivity index (χ1v) is 10.4. The van der Waals surface area contributed by atoms with E-state index in [-0.39, 0.29) is 17.4 Å². The number of anilines is 1. The van der Waals surface area contributed by atoms with Crippen molar-refractivity contribution < 1.29 is 14.0 Å². The number of amides is 1. The number of Topliss-reactive ketones (excluding diaryl/α,β-unsaturated/α-hetero) is 1. The SMILES string of the molecule is C=CCn1c(SCC(=O)c2ccc(NC(=O)C(C)(C)C)cc2)nnc1-c1ccco1. The number of aromatic nitrogens is 3. The van der Waals surface area contributed by atoms with Gasteiger partial charge in [0.1, 0.15) is 0 Å². The fourth-order valence-electron chi connectivity index (χ4n) is 2.55. The Balaban J connectivity index is 1.66. The first kappa shape index (κ1) is 21.6. The third-order valence-corrected chi connectivity index (χ3v) is 5.22. The Kier molecular flexibility index (Phi) is 6.56. The first-order chi connectivity index (χ1) is 14.3. The van der Waals surface area contributed by atoms with Crippen LogP contribution in [-0.2, 0) is 11.3 Å². The van der Waals surface area contributed by atoms with E-state index >= 15 is 0 Å². The predicted molar refractivity (Wildman–Crippen MR) is 118 cm³/mol. The highest BCUT2D eigenvalue weighted by Crippen LogP contribution is 2.25. The molecule has 0 aliphatic carbocycles. The van der Waals surface area contributed by atoms with Gasteiger partial charge in [-0.25, -0.2) is 0 Å². The molecule has 0 unspecified atom stereocenters. The van der Waals surface area contributed by atoms with E-state index in [9.17, 15) is 9.59 Å². The number of thioether (sulfide) groups is 1. The number of benzene rings is 1. The zero-order chi connectivity index (χ0) is 21.7.